The molecule has 1 atom stereocenters. The first-order chi connectivity index (χ1) is 10.7. The topological polar surface area (TPSA) is 59.4 Å². The molecule has 0 saturated heterocycles. The molecule has 0 spiro atoms. The predicted molar refractivity (Wildman–Crippen MR) is 93.9 cm³/mol. The Kier molecular flexibility index (Phi) is 7.07. The Bertz CT molecular complexity index is 564. The molecule has 0 saturated carbocycles. The molecular formula is C18H26ClNO3. The van der Waals surface area contributed by atoms with Crippen molar-refractivity contribution in [3.05, 3.63) is 29.3 Å². The van der Waals surface area contributed by atoms with Crippen LogP contribution in [0.1, 0.15) is 57.0 Å². The molecule has 0 fully saturated rings. The molecule has 1 aromatic carbocycles. The highest BCUT2D eigenvalue weighted by Gasteiger charge is 2.21. The van der Waals surface area contributed by atoms with Crippen LogP contribution in [-0.4, -0.2) is 25.4 Å². The van der Waals surface area contributed by atoms with Gasteiger partial charge in [-0.3, -0.25) is 5.41 Å². The number of methoxy groups -OCH3 is 1. The van der Waals surface area contributed by atoms with Gasteiger partial charge in [0, 0.05) is 5.56 Å². The molecule has 0 aliphatic rings. The van der Waals surface area contributed by atoms with E-state index in [1.54, 1.807) is 14.0 Å². The van der Waals surface area contributed by atoms with E-state index in [1.807, 2.05) is 18.2 Å². The van der Waals surface area contributed by atoms with E-state index in [1.165, 1.54) is 5.56 Å². The van der Waals surface area contributed by atoms with Crippen LogP contribution in [0.3, 0.4) is 0 Å². The fourth-order valence-electron chi connectivity index (χ4n) is 2.19. The average Bonchev–Trinajstić information content (AvgIpc) is 2.50. The summed E-state index contributed by atoms with van der Waals surface area (Å²) >= 11 is 6.51. The fourth-order valence-corrected chi connectivity index (χ4v) is 2.47. The Morgan fingerprint density at radius 3 is 2.52 bits per heavy atom. The summed E-state index contributed by atoms with van der Waals surface area (Å²) in [5.41, 5.74) is 2.01. The van der Waals surface area contributed by atoms with Gasteiger partial charge in [-0.25, -0.2) is 4.79 Å². The Hall–Kier alpha value is -1.55. The highest BCUT2D eigenvalue weighted by Crippen LogP contribution is 2.36. The first-order valence-corrected chi connectivity index (χ1v) is 8.21. The van der Waals surface area contributed by atoms with E-state index < -0.39 is 5.97 Å². The van der Waals surface area contributed by atoms with Gasteiger partial charge in [-0.05, 0) is 36.8 Å². The second kappa shape index (κ2) is 8.34. The Labute approximate surface area is 143 Å². The number of hydrogen-bond acceptors (Lipinski definition) is 4. The van der Waals surface area contributed by atoms with Crippen molar-refractivity contribution < 1.29 is 14.3 Å². The van der Waals surface area contributed by atoms with Crippen LogP contribution in [0.2, 0.25) is 0 Å². The molecule has 1 N–H and O–H groups in total. The van der Waals surface area contributed by atoms with Gasteiger partial charge < -0.3 is 9.47 Å². The fraction of sp³-hybridized carbons (Fsp3) is 0.556. The molecule has 128 valence electrons. The van der Waals surface area contributed by atoms with Crippen molar-refractivity contribution in [2.24, 2.45) is 0 Å². The van der Waals surface area contributed by atoms with Crippen molar-refractivity contribution in [3.63, 3.8) is 0 Å². The molecule has 0 aliphatic carbocycles. The van der Waals surface area contributed by atoms with Crippen LogP contribution in [0.5, 0.6) is 5.75 Å². The number of ether oxygens (including phenoxy) is 2. The summed E-state index contributed by atoms with van der Waals surface area (Å²) in [6.45, 7) is 8.40. The highest BCUT2D eigenvalue weighted by molar-refractivity contribution is 6.35. The van der Waals surface area contributed by atoms with Gasteiger partial charge in [0.1, 0.15) is 11.5 Å². The molecular weight excluding hydrogens is 314 g/mol. The average molecular weight is 340 g/mol. The smallest absolute Gasteiger partial charge is 0.351 e. The molecule has 1 aromatic rings. The predicted octanol–water partition coefficient (Wildman–Crippen LogP) is 4.64. The van der Waals surface area contributed by atoms with E-state index >= 15 is 0 Å². The number of carbonyl (C=O) groups excluding carboxylic acids is 1. The van der Waals surface area contributed by atoms with Crippen LogP contribution in [0, 0.1) is 5.41 Å². The standard InChI is InChI=1S/C18H26ClNO3/c1-6-23-17(21)15(20)9-8-14(19)13-11-12(18(2,3)4)7-10-16(13)22-5/h7,10-11,14,20H,6,8-9H2,1-5H3. The van der Waals surface area contributed by atoms with E-state index in [2.05, 4.69) is 20.8 Å². The minimum Gasteiger partial charge on any atom is -0.496 e. The van der Waals surface area contributed by atoms with Crippen molar-refractivity contribution in [2.75, 3.05) is 13.7 Å². The second-order valence-electron chi connectivity index (χ2n) is 6.41. The van der Waals surface area contributed by atoms with Crippen LogP contribution in [0.4, 0.5) is 0 Å². The van der Waals surface area contributed by atoms with E-state index in [4.69, 9.17) is 26.5 Å². The third kappa shape index (κ3) is 5.54. The number of benzene rings is 1. The third-order valence-corrected chi connectivity index (χ3v) is 4.06. The molecule has 1 rings (SSSR count). The zero-order valence-electron chi connectivity index (χ0n) is 14.5. The SMILES string of the molecule is CCOC(=O)C(=N)CCC(Cl)c1cc(C(C)(C)C)ccc1OC. The molecule has 0 bridgehead atoms. The van der Waals surface area contributed by atoms with Crippen molar-refractivity contribution in [2.45, 2.75) is 51.3 Å². The van der Waals surface area contributed by atoms with Gasteiger partial charge in [-0.1, -0.05) is 32.9 Å². The summed E-state index contributed by atoms with van der Waals surface area (Å²) in [6, 6.07) is 6.00. The quantitative estimate of drug-likeness (QED) is 0.447. The lowest BCUT2D eigenvalue weighted by Gasteiger charge is -2.22. The van der Waals surface area contributed by atoms with Crippen molar-refractivity contribution in [1.29, 1.82) is 5.41 Å². The lowest BCUT2D eigenvalue weighted by atomic mass is 9.85. The highest BCUT2D eigenvalue weighted by atomic mass is 35.5. The molecule has 0 radical (unpaired) electrons. The third-order valence-electron chi connectivity index (χ3n) is 3.60. The van der Waals surface area contributed by atoms with Gasteiger partial charge in [-0.2, -0.15) is 0 Å². The van der Waals surface area contributed by atoms with Crippen molar-refractivity contribution >= 4 is 23.3 Å². The van der Waals surface area contributed by atoms with Crippen LogP contribution >= 0.6 is 11.6 Å². The van der Waals surface area contributed by atoms with E-state index in [0.29, 0.717) is 6.42 Å². The molecule has 0 heterocycles. The lowest BCUT2D eigenvalue weighted by Crippen LogP contribution is -2.17. The molecule has 23 heavy (non-hydrogen) atoms. The molecule has 0 amide bonds. The number of carbonyl (C=O) groups is 1. The molecule has 5 heteroatoms. The number of alkyl halides is 1. The maximum atomic E-state index is 11.5. The van der Waals surface area contributed by atoms with Crippen LogP contribution in [0.15, 0.2) is 18.2 Å². The summed E-state index contributed by atoms with van der Waals surface area (Å²) in [7, 11) is 1.61. The summed E-state index contributed by atoms with van der Waals surface area (Å²) in [5, 5.41) is 7.40. The van der Waals surface area contributed by atoms with Crippen molar-refractivity contribution in [1.82, 2.24) is 0 Å². The molecule has 0 aliphatic heterocycles. The lowest BCUT2D eigenvalue weighted by molar-refractivity contribution is -0.135. The maximum absolute atomic E-state index is 11.5. The van der Waals surface area contributed by atoms with Gasteiger partial charge in [0.2, 0.25) is 0 Å². The summed E-state index contributed by atoms with van der Waals surface area (Å²) in [5.74, 6) is 0.146. The summed E-state index contributed by atoms with van der Waals surface area (Å²) in [6.07, 6.45) is 0.749. The minimum atomic E-state index is -0.577. The van der Waals surface area contributed by atoms with E-state index in [-0.39, 0.29) is 29.5 Å². The van der Waals surface area contributed by atoms with E-state index in [9.17, 15) is 4.79 Å². The van der Waals surface area contributed by atoms with Gasteiger partial charge in [-0.15, -0.1) is 11.6 Å². The molecule has 1 unspecified atom stereocenters. The first-order valence-electron chi connectivity index (χ1n) is 7.77. The number of rotatable bonds is 7. The number of hydrogen-bond donors (Lipinski definition) is 1. The Morgan fingerprint density at radius 1 is 1.35 bits per heavy atom. The maximum Gasteiger partial charge on any atom is 0.351 e. The van der Waals surface area contributed by atoms with Crippen molar-refractivity contribution in [3.8, 4) is 5.75 Å². The van der Waals surface area contributed by atoms with E-state index in [0.717, 1.165) is 11.3 Å². The number of esters is 1. The second-order valence-corrected chi connectivity index (χ2v) is 6.94. The zero-order chi connectivity index (χ0) is 17.6. The summed E-state index contributed by atoms with van der Waals surface area (Å²) < 4.78 is 10.2. The van der Waals surface area contributed by atoms with Gasteiger partial charge in [0.25, 0.3) is 0 Å². The van der Waals surface area contributed by atoms with Crippen LogP contribution in [0.25, 0.3) is 0 Å². The normalized spacial score (nSPS) is 12.6. The largest absolute Gasteiger partial charge is 0.496 e. The number of nitrogens with one attached hydrogen (secondary N) is 1. The number of halogens is 1. The zero-order valence-corrected chi connectivity index (χ0v) is 15.3. The van der Waals surface area contributed by atoms with Crippen LogP contribution in [-0.2, 0) is 14.9 Å². The monoisotopic (exact) mass is 339 g/mol. The molecule has 0 aromatic heterocycles. The van der Waals surface area contributed by atoms with Gasteiger partial charge in [0.15, 0.2) is 0 Å². The molecule has 4 nitrogen and oxygen atoms in total. The first kappa shape index (κ1) is 19.5. The van der Waals surface area contributed by atoms with Crippen LogP contribution < -0.4 is 4.74 Å². The Balaban J connectivity index is 2.88. The Morgan fingerprint density at radius 2 is 2.00 bits per heavy atom. The minimum absolute atomic E-state index is 0.00920. The summed E-state index contributed by atoms with van der Waals surface area (Å²) in [4.78, 5) is 11.5. The van der Waals surface area contributed by atoms with Gasteiger partial charge >= 0.3 is 5.97 Å². The van der Waals surface area contributed by atoms with Gasteiger partial charge in [0.05, 0.1) is 19.1 Å².